The number of Topliss-reactive ketones (excluding diaryl/α,β-unsaturated/α-hetero) is 1. The van der Waals surface area contributed by atoms with E-state index in [4.69, 9.17) is 0 Å². The van der Waals surface area contributed by atoms with E-state index in [-0.39, 0.29) is 41.9 Å². The molecule has 2 aromatic rings. The molecule has 0 spiro atoms. The van der Waals surface area contributed by atoms with Gasteiger partial charge in [0.2, 0.25) is 0 Å². The lowest BCUT2D eigenvalue weighted by molar-refractivity contribution is -0.139. The van der Waals surface area contributed by atoms with Crippen molar-refractivity contribution in [3.63, 3.8) is 0 Å². The molecule has 1 aromatic carbocycles. The van der Waals surface area contributed by atoms with Crippen LogP contribution in [0.5, 0.6) is 0 Å². The molecule has 1 N–H and O–H groups in total. The number of aliphatic hydroxyl groups is 1. The van der Waals surface area contributed by atoms with Gasteiger partial charge in [0.05, 0.1) is 16.8 Å². The molecule has 0 radical (unpaired) electrons. The number of carbonyl (C=O) groups is 1. The van der Waals surface area contributed by atoms with Crippen LogP contribution in [0, 0.1) is 11.8 Å². The molecule has 1 heterocycles. The van der Waals surface area contributed by atoms with Crippen LogP contribution in [0.2, 0.25) is 0 Å². The van der Waals surface area contributed by atoms with Gasteiger partial charge in [-0.25, -0.2) is 0 Å². The van der Waals surface area contributed by atoms with Crippen LogP contribution in [0.1, 0.15) is 60.4 Å². The Bertz CT molecular complexity index is 915. The summed E-state index contributed by atoms with van der Waals surface area (Å²) in [7, 11) is 0. The third-order valence-electron chi connectivity index (χ3n) is 6.08. The highest BCUT2D eigenvalue weighted by Crippen LogP contribution is 2.40. The van der Waals surface area contributed by atoms with Gasteiger partial charge in [-0.3, -0.25) is 9.78 Å². The largest absolute Gasteiger partial charge is 0.418 e. The van der Waals surface area contributed by atoms with E-state index in [0.29, 0.717) is 25.7 Å². The number of nitrogens with zero attached hydrogens (tertiary/aromatic N) is 1. The van der Waals surface area contributed by atoms with Crippen molar-refractivity contribution < 1.29 is 36.2 Å². The van der Waals surface area contributed by atoms with Crippen molar-refractivity contribution in [2.75, 3.05) is 6.61 Å². The lowest BCUT2D eigenvalue weighted by Gasteiger charge is -2.28. The Morgan fingerprint density at radius 1 is 0.969 bits per heavy atom. The number of pyridine rings is 1. The number of rotatable bonds is 6. The fraction of sp³-hybridized carbons (Fsp3) is 0.478. The van der Waals surface area contributed by atoms with Crippen LogP contribution in [-0.2, 0) is 17.1 Å². The smallest absolute Gasteiger partial charge is 0.396 e. The molecule has 32 heavy (non-hydrogen) atoms. The average Bonchev–Trinajstić information content (AvgIpc) is 2.76. The average molecular weight is 459 g/mol. The maximum absolute atomic E-state index is 13.6. The third-order valence-corrected chi connectivity index (χ3v) is 6.08. The summed E-state index contributed by atoms with van der Waals surface area (Å²) in [6, 6.07) is 5.81. The summed E-state index contributed by atoms with van der Waals surface area (Å²) in [4.78, 5) is 16.9. The molecule has 3 nitrogen and oxygen atoms in total. The first-order valence-corrected chi connectivity index (χ1v) is 10.3. The van der Waals surface area contributed by atoms with Crippen molar-refractivity contribution in [1.82, 2.24) is 4.98 Å². The first-order chi connectivity index (χ1) is 15.0. The van der Waals surface area contributed by atoms with E-state index >= 15 is 0 Å². The summed E-state index contributed by atoms with van der Waals surface area (Å²) in [5, 5.41) is 9.27. The summed E-state index contributed by atoms with van der Waals surface area (Å²) < 4.78 is 79.7. The Morgan fingerprint density at radius 3 is 2.12 bits per heavy atom. The van der Waals surface area contributed by atoms with Crippen LogP contribution in [0.3, 0.4) is 0 Å². The number of aliphatic hydroxyl groups excluding tert-OH is 1. The fourth-order valence-corrected chi connectivity index (χ4v) is 4.25. The van der Waals surface area contributed by atoms with Gasteiger partial charge in [0.25, 0.3) is 0 Å². The second kappa shape index (κ2) is 9.60. The highest BCUT2D eigenvalue weighted by atomic mass is 19.4. The molecule has 0 saturated heterocycles. The zero-order valence-corrected chi connectivity index (χ0v) is 17.1. The minimum Gasteiger partial charge on any atom is -0.396 e. The standard InChI is InChI=1S/C23H23F6NO2/c24-22(25,26)17-9-7-15(8-10-17)18(21-19(23(27,28)29)2-1-11-30-21)12-20(32)16-5-3-14(13-31)4-6-16/h1-2,7-11,14,16,18,31H,3-6,12-13H2/t14?,16?,18-/m0/s1. The summed E-state index contributed by atoms with van der Waals surface area (Å²) in [5.41, 5.74) is -2.15. The van der Waals surface area contributed by atoms with E-state index in [9.17, 15) is 36.2 Å². The Morgan fingerprint density at radius 2 is 1.59 bits per heavy atom. The van der Waals surface area contributed by atoms with Crippen molar-refractivity contribution in [1.29, 1.82) is 0 Å². The van der Waals surface area contributed by atoms with Crippen molar-refractivity contribution in [3.05, 3.63) is 65.0 Å². The molecule has 9 heteroatoms. The van der Waals surface area contributed by atoms with E-state index in [1.807, 2.05) is 0 Å². The van der Waals surface area contributed by atoms with Gasteiger partial charge in [-0.2, -0.15) is 26.3 Å². The third kappa shape index (κ3) is 5.68. The van der Waals surface area contributed by atoms with E-state index in [1.165, 1.54) is 6.20 Å². The number of hydrogen-bond acceptors (Lipinski definition) is 3. The van der Waals surface area contributed by atoms with Crippen molar-refractivity contribution in [2.45, 2.75) is 50.4 Å². The molecule has 0 amide bonds. The second-order valence-electron chi connectivity index (χ2n) is 8.18. The molecule has 1 aliphatic rings. The first-order valence-electron chi connectivity index (χ1n) is 10.3. The quantitative estimate of drug-likeness (QED) is 0.539. The molecule has 1 saturated carbocycles. The van der Waals surface area contributed by atoms with Gasteiger partial charge in [0.1, 0.15) is 5.78 Å². The van der Waals surface area contributed by atoms with Crippen molar-refractivity contribution in [3.8, 4) is 0 Å². The van der Waals surface area contributed by atoms with Gasteiger partial charge < -0.3 is 5.11 Å². The zero-order chi connectivity index (χ0) is 23.5. The number of benzene rings is 1. The van der Waals surface area contributed by atoms with E-state index < -0.39 is 29.4 Å². The topological polar surface area (TPSA) is 50.2 Å². The number of ketones is 1. The molecule has 174 valence electrons. The molecule has 1 aromatic heterocycles. The molecule has 3 rings (SSSR count). The monoisotopic (exact) mass is 459 g/mol. The molecule has 0 unspecified atom stereocenters. The highest BCUT2D eigenvalue weighted by molar-refractivity contribution is 5.82. The Kier molecular flexibility index (Phi) is 7.27. The Balaban J connectivity index is 1.95. The molecule has 1 atom stereocenters. The lowest BCUT2D eigenvalue weighted by atomic mass is 9.77. The van der Waals surface area contributed by atoms with Crippen LogP contribution >= 0.6 is 0 Å². The summed E-state index contributed by atoms with van der Waals surface area (Å²) in [5.74, 6) is -1.62. The minimum absolute atomic E-state index is 0.0258. The van der Waals surface area contributed by atoms with Gasteiger partial charge >= 0.3 is 12.4 Å². The number of halogens is 6. The summed E-state index contributed by atoms with van der Waals surface area (Å²) in [6.45, 7) is 0.0258. The zero-order valence-electron chi connectivity index (χ0n) is 17.1. The SMILES string of the molecule is O=C(C[C@@H](c1ccc(C(F)(F)F)cc1)c1ncccc1C(F)(F)F)C1CCC(CO)CC1. The number of alkyl halides is 6. The number of hydrogen-bond donors (Lipinski definition) is 1. The number of carbonyl (C=O) groups excluding carboxylic acids is 1. The maximum Gasteiger partial charge on any atom is 0.418 e. The van der Waals surface area contributed by atoms with Gasteiger partial charge in [-0.1, -0.05) is 12.1 Å². The van der Waals surface area contributed by atoms with Crippen molar-refractivity contribution in [2.24, 2.45) is 11.8 Å². The Labute approximate surface area is 181 Å². The molecule has 0 aliphatic heterocycles. The van der Waals surface area contributed by atoms with E-state index in [2.05, 4.69) is 4.98 Å². The lowest BCUT2D eigenvalue weighted by Crippen LogP contribution is -2.25. The number of aromatic nitrogens is 1. The van der Waals surface area contributed by atoms with Gasteiger partial charge in [-0.15, -0.1) is 0 Å². The van der Waals surface area contributed by atoms with Crippen molar-refractivity contribution >= 4 is 5.78 Å². The predicted octanol–water partition coefficient (Wildman–Crippen LogP) is 6.01. The summed E-state index contributed by atoms with van der Waals surface area (Å²) >= 11 is 0. The highest BCUT2D eigenvalue weighted by Gasteiger charge is 2.38. The maximum atomic E-state index is 13.6. The molecular weight excluding hydrogens is 436 g/mol. The van der Waals surface area contributed by atoms with E-state index in [1.54, 1.807) is 0 Å². The molecule has 0 bridgehead atoms. The van der Waals surface area contributed by atoms with Gasteiger partial charge in [0.15, 0.2) is 0 Å². The molecular formula is C23H23F6NO2. The normalized spacial score (nSPS) is 20.7. The van der Waals surface area contributed by atoms with Crippen LogP contribution < -0.4 is 0 Å². The molecule has 1 fully saturated rings. The van der Waals surface area contributed by atoms with Crippen LogP contribution in [0.4, 0.5) is 26.3 Å². The van der Waals surface area contributed by atoms with Crippen LogP contribution in [-0.4, -0.2) is 22.5 Å². The van der Waals surface area contributed by atoms with Crippen LogP contribution in [0.15, 0.2) is 42.6 Å². The second-order valence-corrected chi connectivity index (χ2v) is 8.18. The fourth-order valence-electron chi connectivity index (χ4n) is 4.25. The predicted molar refractivity (Wildman–Crippen MR) is 105 cm³/mol. The van der Waals surface area contributed by atoms with E-state index in [0.717, 1.165) is 36.4 Å². The first kappa shape index (κ1) is 24.2. The summed E-state index contributed by atoms with van der Waals surface area (Å²) in [6.07, 6.45) is -6.08. The van der Waals surface area contributed by atoms with Gasteiger partial charge in [0, 0.05) is 31.1 Å². The van der Waals surface area contributed by atoms with Crippen LogP contribution in [0.25, 0.3) is 0 Å². The van der Waals surface area contributed by atoms with Gasteiger partial charge in [-0.05, 0) is 61.4 Å². The minimum atomic E-state index is -4.73. The molecule has 1 aliphatic carbocycles. The Hall–Kier alpha value is -2.42.